The monoisotopic (exact) mass is 370 g/mol. The van der Waals surface area contributed by atoms with Gasteiger partial charge < -0.3 is 15.4 Å². The Morgan fingerprint density at radius 1 is 1.15 bits per heavy atom. The molecule has 0 fully saturated rings. The maximum absolute atomic E-state index is 13.0. The molecular weight excluding hydrogens is 351 g/mol. The molecule has 3 rings (SSSR count). The van der Waals surface area contributed by atoms with Gasteiger partial charge in [-0.05, 0) is 54.5 Å². The van der Waals surface area contributed by atoms with E-state index < -0.39 is 0 Å². The molecule has 0 aliphatic heterocycles. The van der Waals surface area contributed by atoms with Gasteiger partial charge in [0.15, 0.2) is 10.9 Å². The fourth-order valence-electron chi connectivity index (χ4n) is 2.48. The quantitative estimate of drug-likeness (QED) is 0.660. The Morgan fingerprint density at radius 2 is 1.92 bits per heavy atom. The molecule has 0 amide bonds. The first-order valence-electron chi connectivity index (χ1n) is 8.04. The highest BCUT2D eigenvalue weighted by atomic mass is 32.1. The standard InChI is InChI=1S/C19H19FN4OS/c1-13-3-8-17(25-2)16(11-13)21-19(26)22-18-9-10-24(23-18)12-14-4-6-15(20)7-5-14/h3-11H,12H2,1-2H3,(H2,21,22,23,26). The second-order valence-corrected chi connectivity index (χ2v) is 6.22. The van der Waals surface area contributed by atoms with Crippen molar-refractivity contribution in [3.63, 3.8) is 0 Å². The van der Waals surface area contributed by atoms with Gasteiger partial charge in [0.05, 0.1) is 19.3 Å². The minimum absolute atomic E-state index is 0.250. The summed E-state index contributed by atoms with van der Waals surface area (Å²) >= 11 is 5.35. The van der Waals surface area contributed by atoms with E-state index in [4.69, 9.17) is 17.0 Å². The minimum Gasteiger partial charge on any atom is -0.495 e. The number of anilines is 2. The smallest absolute Gasteiger partial charge is 0.176 e. The number of halogens is 1. The molecule has 1 aromatic heterocycles. The Balaban J connectivity index is 1.62. The van der Waals surface area contributed by atoms with Gasteiger partial charge in [-0.3, -0.25) is 4.68 Å². The zero-order valence-electron chi connectivity index (χ0n) is 14.5. The van der Waals surface area contributed by atoms with Crippen LogP contribution in [0.1, 0.15) is 11.1 Å². The van der Waals surface area contributed by atoms with Crippen LogP contribution in [0.4, 0.5) is 15.9 Å². The summed E-state index contributed by atoms with van der Waals surface area (Å²) in [5, 5.41) is 11.0. The Hall–Kier alpha value is -2.93. The van der Waals surface area contributed by atoms with E-state index in [1.54, 1.807) is 23.9 Å². The van der Waals surface area contributed by atoms with Gasteiger partial charge in [0.1, 0.15) is 11.6 Å². The van der Waals surface area contributed by atoms with E-state index in [9.17, 15) is 4.39 Å². The summed E-state index contributed by atoms with van der Waals surface area (Å²) in [6.07, 6.45) is 1.83. The van der Waals surface area contributed by atoms with Crippen molar-refractivity contribution in [1.82, 2.24) is 9.78 Å². The second kappa shape index (κ2) is 7.97. The maximum atomic E-state index is 13.0. The van der Waals surface area contributed by atoms with E-state index in [0.717, 1.165) is 16.8 Å². The SMILES string of the molecule is COc1ccc(C)cc1NC(=S)Nc1ccn(Cc2ccc(F)cc2)n1. The molecule has 0 aliphatic rings. The van der Waals surface area contributed by atoms with Crippen molar-refractivity contribution >= 4 is 28.8 Å². The fraction of sp³-hybridized carbons (Fsp3) is 0.158. The molecule has 0 saturated heterocycles. The van der Waals surface area contributed by atoms with Crippen LogP contribution in [0.25, 0.3) is 0 Å². The van der Waals surface area contributed by atoms with E-state index in [0.29, 0.717) is 23.2 Å². The van der Waals surface area contributed by atoms with Gasteiger partial charge in [0, 0.05) is 12.3 Å². The van der Waals surface area contributed by atoms with E-state index >= 15 is 0 Å². The molecule has 0 unspecified atom stereocenters. The molecule has 5 nitrogen and oxygen atoms in total. The van der Waals surface area contributed by atoms with Gasteiger partial charge >= 0.3 is 0 Å². The number of aryl methyl sites for hydroxylation is 1. The van der Waals surface area contributed by atoms with E-state index in [2.05, 4.69) is 15.7 Å². The molecule has 7 heteroatoms. The van der Waals surface area contributed by atoms with Crippen LogP contribution in [0.2, 0.25) is 0 Å². The summed E-state index contributed by atoms with van der Waals surface area (Å²) in [5.74, 6) is 1.08. The van der Waals surface area contributed by atoms with E-state index in [1.165, 1.54) is 12.1 Å². The van der Waals surface area contributed by atoms with Gasteiger partial charge in [-0.15, -0.1) is 0 Å². The number of rotatable bonds is 5. The summed E-state index contributed by atoms with van der Waals surface area (Å²) in [6.45, 7) is 2.55. The van der Waals surface area contributed by atoms with Crippen LogP contribution in [0.5, 0.6) is 5.75 Å². The largest absolute Gasteiger partial charge is 0.495 e. The van der Waals surface area contributed by atoms with Crippen LogP contribution in [0.3, 0.4) is 0 Å². The summed E-state index contributed by atoms with van der Waals surface area (Å²) in [4.78, 5) is 0. The van der Waals surface area contributed by atoms with Gasteiger partial charge in [-0.2, -0.15) is 5.10 Å². The van der Waals surface area contributed by atoms with Gasteiger partial charge in [-0.1, -0.05) is 18.2 Å². The highest BCUT2D eigenvalue weighted by Crippen LogP contribution is 2.25. The molecule has 1 heterocycles. The number of nitrogens with zero attached hydrogens (tertiary/aromatic N) is 2. The van der Waals surface area contributed by atoms with Crippen molar-refractivity contribution in [3.8, 4) is 5.75 Å². The lowest BCUT2D eigenvalue weighted by atomic mass is 10.2. The molecule has 0 aliphatic carbocycles. The summed E-state index contributed by atoms with van der Waals surface area (Å²) in [7, 11) is 1.61. The molecule has 2 aromatic carbocycles. The number of ether oxygens (including phenoxy) is 1. The average Bonchev–Trinajstić information content (AvgIpc) is 3.04. The van der Waals surface area contributed by atoms with E-state index in [1.807, 2.05) is 37.4 Å². The van der Waals surface area contributed by atoms with Crippen molar-refractivity contribution in [2.75, 3.05) is 17.7 Å². The van der Waals surface area contributed by atoms with Crippen LogP contribution < -0.4 is 15.4 Å². The highest BCUT2D eigenvalue weighted by Gasteiger charge is 2.07. The van der Waals surface area contributed by atoms with Crippen LogP contribution in [0, 0.1) is 12.7 Å². The topological polar surface area (TPSA) is 51.1 Å². The second-order valence-electron chi connectivity index (χ2n) is 5.81. The Bertz CT molecular complexity index is 908. The van der Waals surface area contributed by atoms with Crippen LogP contribution >= 0.6 is 12.2 Å². The first-order valence-corrected chi connectivity index (χ1v) is 8.45. The third kappa shape index (κ3) is 4.58. The molecule has 134 valence electrons. The third-order valence-corrected chi connectivity index (χ3v) is 3.95. The Kier molecular flexibility index (Phi) is 5.48. The predicted octanol–water partition coefficient (Wildman–Crippen LogP) is 4.20. The molecule has 0 atom stereocenters. The van der Waals surface area contributed by atoms with Gasteiger partial charge in [0.2, 0.25) is 0 Å². The average molecular weight is 370 g/mol. The van der Waals surface area contributed by atoms with Crippen molar-refractivity contribution in [1.29, 1.82) is 0 Å². The number of benzene rings is 2. The summed E-state index contributed by atoms with van der Waals surface area (Å²) in [6, 6.07) is 14.0. The highest BCUT2D eigenvalue weighted by molar-refractivity contribution is 7.80. The molecule has 0 saturated carbocycles. The Labute approximate surface area is 156 Å². The molecule has 2 N–H and O–H groups in total. The molecule has 0 radical (unpaired) electrons. The first kappa shape index (κ1) is 17.9. The predicted molar refractivity (Wildman–Crippen MR) is 105 cm³/mol. The van der Waals surface area contributed by atoms with Crippen molar-refractivity contribution in [3.05, 3.63) is 71.7 Å². The fourth-order valence-corrected chi connectivity index (χ4v) is 2.70. The summed E-state index contributed by atoms with van der Waals surface area (Å²) in [5.41, 5.74) is 2.85. The number of aromatic nitrogens is 2. The van der Waals surface area contributed by atoms with Gasteiger partial charge in [0.25, 0.3) is 0 Å². The minimum atomic E-state index is -0.250. The number of thiocarbonyl (C=S) groups is 1. The van der Waals surface area contributed by atoms with Crippen LogP contribution in [0.15, 0.2) is 54.7 Å². The number of hydrogen-bond acceptors (Lipinski definition) is 3. The van der Waals surface area contributed by atoms with Crippen LogP contribution in [-0.4, -0.2) is 22.0 Å². The number of hydrogen-bond donors (Lipinski definition) is 2. The normalized spacial score (nSPS) is 10.4. The van der Waals surface area contributed by atoms with Crippen molar-refractivity contribution < 1.29 is 9.13 Å². The molecule has 3 aromatic rings. The molecule has 0 bridgehead atoms. The van der Waals surface area contributed by atoms with Crippen molar-refractivity contribution in [2.45, 2.75) is 13.5 Å². The van der Waals surface area contributed by atoms with Gasteiger partial charge in [-0.25, -0.2) is 4.39 Å². The van der Waals surface area contributed by atoms with E-state index in [-0.39, 0.29) is 5.82 Å². The zero-order valence-corrected chi connectivity index (χ0v) is 15.3. The maximum Gasteiger partial charge on any atom is 0.176 e. The molecule has 0 spiro atoms. The van der Waals surface area contributed by atoms with Crippen LogP contribution in [-0.2, 0) is 6.54 Å². The number of nitrogens with one attached hydrogen (secondary N) is 2. The first-order chi connectivity index (χ1) is 12.5. The number of methoxy groups -OCH3 is 1. The molecule has 26 heavy (non-hydrogen) atoms. The van der Waals surface area contributed by atoms with Crippen molar-refractivity contribution in [2.24, 2.45) is 0 Å². The lowest BCUT2D eigenvalue weighted by molar-refractivity contribution is 0.417. The zero-order chi connectivity index (χ0) is 18.5. The lowest BCUT2D eigenvalue weighted by Crippen LogP contribution is -2.20. The summed E-state index contributed by atoms with van der Waals surface area (Å²) < 4.78 is 20.1. The lowest BCUT2D eigenvalue weighted by Gasteiger charge is -2.13. The third-order valence-electron chi connectivity index (χ3n) is 3.74. The Morgan fingerprint density at radius 3 is 2.65 bits per heavy atom. The molecular formula is C19H19FN4OS.